The van der Waals surface area contributed by atoms with E-state index in [4.69, 9.17) is 5.73 Å². The molecule has 0 radical (unpaired) electrons. The van der Waals surface area contributed by atoms with Crippen LogP contribution in [0, 0.1) is 6.92 Å². The van der Waals surface area contributed by atoms with E-state index < -0.39 is 0 Å². The maximum Gasteiger partial charge on any atom is 0.254 e. The molecule has 0 unspecified atom stereocenters. The molecule has 0 spiro atoms. The fourth-order valence-corrected chi connectivity index (χ4v) is 1.66. The van der Waals surface area contributed by atoms with E-state index in [1.807, 2.05) is 26.0 Å². The molecule has 0 saturated heterocycles. The first-order chi connectivity index (χ1) is 8.10. The van der Waals surface area contributed by atoms with Crippen LogP contribution in [0.15, 0.2) is 30.9 Å². The molecular formula is C14H20N2O. The Hall–Kier alpha value is -1.77. The number of aryl methyl sites for hydroxylation is 1. The van der Waals surface area contributed by atoms with E-state index in [0.29, 0.717) is 17.8 Å². The van der Waals surface area contributed by atoms with E-state index in [-0.39, 0.29) is 5.91 Å². The molecule has 2 N–H and O–H groups in total. The molecule has 0 fully saturated rings. The monoisotopic (exact) mass is 232 g/mol. The molecule has 92 valence electrons. The summed E-state index contributed by atoms with van der Waals surface area (Å²) in [4.78, 5) is 14.0. The Kier molecular flexibility index (Phi) is 4.76. The molecular weight excluding hydrogens is 212 g/mol. The van der Waals surface area contributed by atoms with Gasteiger partial charge in [-0.3, -0.25) is 4.79 Å². The highest BCUT2D eigenvalue weighted by molar-refractivity contribution is 5.95. The van der Waals surface area contributed by atoms with E-state index in [1.54, 1.807) is 17.0 Å². The SMILES string of the molecule is C=CCN(CCC)C(=O)c1ccc(C)c(N)c1. The molecule has 0 aliphatic rings. The van der Waals surface area contributed by atoms with Crippen LogP contribution in [-0.2, 0) is 0 Å². The van der Waals surface area contributed by atoms with Gasteiger partial charge in [0.1, 0.15) is 0 Å². The van der Waals surface area contributed by atoms with Gasteiger partial charge in [-0.2, -0.15) is 0 Å². The fourth-order valence-electron chi connectivity index (χ4n) is 1.66. The molecule has 1 amide bonds. The zero-order valence-electron chi connectivity index (χ0n) is 10.6. The molecule has 1 rings (SSSR count). The van der Waals surface area contributed by atoms with Crippen molar-refractivity contribution < 1.29 is 4.79 Å². The van der Waals surface area contributed by atoms with Crippen LogP contribution in [0.3, 0.4) is 0 Å². The lowest BCUT2D eigenvalue weighted by Gasteiger charge is -2.20. The number of carbonyl (C=O) groups excluding carboxylic acids is 1. The number of benzene rings is 1. The molecule has 0 aliphatic carbocycles. The molecule has 3 heteroatoms. The summed E-state index contributed by atoms with van der Waals surface area (Å²) in [5.41, 5.74) is 8.11. The van der Waals surface area contributed by atoms with Crippen LogP contribution in [0.2, 0.25) is 0 Å². The highest BCUT2D eigenvalue weighted by Crippen LogP contribution is 2.14. The summed E-state index contributed by atoms with van der Waals surface area (Å²) in [7, 11) is 0. The van der Waals surface area contributed by atoms with Crippen molar-refractivity contribution in [2.24, 2.45) is 0 Å². The predicted molar refractivity (Wildman–Crippen MR) is 72.0 cm³/mol. The van der Waals surface area contributed by atoms with E-state index in [0.717, 1.165) is 18.5 Å². The van der Waals surface area contributed by atoms with Gasteiger partial charge >= 0.3 is 0 Å². The Balaban J connectivity index is 2.92. The third kappa shape index (κ3) is 3.34. The van der Waals surface area contributed by atoms with Gasteiger partial charge in [-0.25, -0.2) is 0 Å². The van der Waals surface area contributed by atoms with Gasteiger partial charge in [-0.05, 0) is 31.0 Å². The topological polar surface area (TPSA) is 46.3 Å². The molecule has 1 aromatic rings. The lowest BCUT2D eigenvalue weighted by molar-refractivity contribution is 0.0774. The van der Waals surface area contributed by atoms with E-state index in [2.05, 4.69) is 6.58 Å². The minimum absolute atomic E-state index is 0.0125. The van der Waals surface area contributed by atoms with Gasteiger partial charge in [0.05, 0.1) is 0 Å². The van der Waals surface area contributed by atoms with E-state index in [1.165, 1.54) is 0 Å². The Bertz CT molecular complexity index is 413. The second-order valence-corrected chi connectivity index (χ2v) is 4.11. The average Bonchev–Trinajstić information content (AvgIpc) is 2.31. The third-order valence-corrected chi connectivity index (χ3v) is 2.66. The second-order valence-electron chi connectivity index (χ2n) is 4.11. The number of nitrogens with two attached hydrogens (primary N) is 1. The molecule has 0 saturated carbocycles. The summed E-state index contributed by atoms with van der Waals surface area (Å²) < 4.78 is 0. The average molecular weight is 232 g/mol. The minimum atomic E-state index is 0.0125. The first kappa shape index (κ1) is 13.3. The van der Waals surface area contributed by atoms with E-state index >= 15 is 0 Å². The summed E-state index contributed by atoms with van der Waals surface area (Å²) in [6.07, 6.45) is 2.67. The highest BCUT2D eigenvalue weighted by Gasteiger charge is 2.14. The van der Waals surface area contributed by atoms with Crippen molar-refractivity contribution in [2.45, 2.75) is 20.3 Å². The van der Waals surface area contributed by atoms with Gasteiger partial charge in [0.25, 0.3) is 5.91 Å². The lowest BCUT2D eigenvalue weighted by Crippen LogP contribution is -2.31. The van der Waals surface area contributed by atoms with Gasteiger partial charge in [-0.15, -0.1) is 6.58 Å². The lowest BCUT2D eigenvalue weighted by atomic mass is 10.1. The van der Waals surface area contributed by atoms with Gasteiger partial charge < -0.3 is 10.6 Å². The first-order valence-electron chi connectivity index (χ1n) is 5.86. The number of anilines is 1. The maximum absolute atomic E-state index is 12.2. The number of rotatable bonds is 5. The van der Waals surface area contributed by atoms with Crippen molar-refractivity contribution in [3.05, 3.63) is 42.0 Å². The van der Waals surface area contributed by atoms with Crippen molar-refractivity contribution in [1.82, 2.24) is 4.90 Å². The molecule has 0 heterocycles. The second kappa shape index (κ2) is 6.09. The van der Waals surface area contributed by atoms with Crippen LogP contribution < -0.4 is 5.73 Å². The summed E-state index contributed by atoms with van der Waals surface area (Å²) in [6, 6.07) is 5.43. The number of hydrogen-bond acceptors (Lipinski definition) is 2. The normalized spacial score (nSPS) is 10.0. The van der Waals surface area contributed by atoms with Gasteiger partial charge in [0.15, 0.2) is 0 Å². The van der Waals surface area contributed by atoms with Crippen LogP contribution in [0.1, 0.15) is 29.3 Å². The van der Waals surface area contributed by atoms with Crippen molar-refractivity contribution in [1.29, 1.82) is 0 Å². The Labute approximate surface area is 103 Å². The van der Waals surface area contributed by atoms with Gasteiger partial charge in [0, 0.05) is 24.3 Å². The smallest absolute Gasteiger partial charge is 0.254 e. The fraction of sp³-hybridized carbons (Fsp3) is 0.357. The Morgan fingerprint density at radius 3 is 2.76 bits per heavy atom. The molecule has 17 heavy (non-hydrogen) atoms. The zero-order chi connectivity index (χ0) is 12.8. The van der Waals surface area contributed by atoms with Crippen molar-refractivity contribution in [2.75, 3.05) is 18.8 Å². The number of nitrogens with zero attached hydrogens (tertiary/aromatic N) is 1. The van der Waals surface area contributed by atoms with Crippen LogP contribution >= 0.6 is 0 Å². The molecule has 0 aliphatic heterocycles. The molecule has 0 atom stereocenters. The maximum atomic E-state index is 12.2. The van der Waals surface area contributed by atoms with Gasteiger partial charge in [-0.1, -0.05) is 19.1 Å². The Morgan fingerprint density at radius 1 is 1.53 bits per heavy atom. The third-order valence-electron chi connectivity index (χ3n) is 2.66. The van der Waals surface area contributed by atoms with Crippen LogP contribution in [0.5, 0.6) is 0 Å². The summed E-state index contributed by atoms with van der Waals surface area (Å²) in [5.74, 6) is 0.0125. The van der Waals surface area contributed by atoms with E-state index in [9.17, 15) is 4.79 Å². The highest BCUT2D eigenvalue weighted by atomic mass is 16.2. The molecule has 0 bridgehead atoms. The van der Waals surface area contributed by atoms with Crippen LogP contribution in [-0.4, -0.2) is 23.9 Å². The van der Waals surface area contributed by atoms with Crippen molar-refractivity contribution in [3.63, 3.8) is 0 Å². The number of carbonyl (C=O) groups is 1. The molecule has 3 nitrogen and oxygen atoms in total. The molecule has 1 aromatic carbocycles. The number of hydrogen-bond donors (Lipinski definition) is 1. The van der Waals surface area contributed by atoms with Crippen molar-refractivity contribution >= 4 is 11.6 Å². The zero-order valence-corrected chi connectivity index (χ0v) is 10.6. The van der Waals surface area contributed by atoms with Crippen LogP contribution in [0.4, 0.5) is 5.69 Å². The van der Waals surface area contributed by atoms with Gasteiger partial charge in [0.2, 0.25) is 0 Å². The first-order valence-corrected chi connectivity index (χ1v) is 5.86. The Morgan fingerprint density at radius 2 is 2.24 bits per heavy atom. The number of amides is 1. The van der Waals surface area contributed by atoms with Crippen molar-refractivity contribution in [3.8, 4) is 0 Å². The quantitative estimate of drug-likeness (QED) is 0.626. The summed E-state index contributed by atoms with van der Waals surface area (Å²) >= 11 is 0. The predicted octanol–water partition coefficient (Wildman–Crippen LogP) is 2.62. The summed E-state index contributed by atoms with van der Waals surface area (Å²) in [6.45, 7) is 8.95. The number of nitrogen functional groups attached to an aromatic ring is 1. The standard InChI is InChI=1S/C14H20N2O/c1-4-8-16(9-5-2)14(17)12-7-6-11(3)13(15)10-12/h4,6-7,10H,1,5,8-9,15H2,2-3H3. The summed E-state index contributed by atoms with van der Waals surface area (Å²) in [5, 5.41) is 0. The van der Waals surface area contributed by atoms with Crippen LogP contribution in [0.25, 0.3) is 0 Å². The largest absolute Gasteiger partial charge is 0.398 e. The minimum Gasteiger partial charge on any atom is -0.398 e. The molecule has 0 aromatic heterocycles.